The Morgan fingerprint density at radius 1 is 1.55 bits per heavy atom. The maximum atomic E-state index is 4.08. The molecule has 0 aromatic carbocycles. The van der Waals surface area contributed by atoms with Gasteiger partial charge in [-0.05, 0) is 37.1 Å². The lowest BCUT2D eigenvalue weighted by Gasteiger charge is -2.26. The van der Waals surface area contributed by atoms with E-state index in [1.54, 1.807) is 0 Å². The van der Waals surface area contributed by atoms with E-state index in [-0.39, 0.29) is 0 Å². The Morgan fingerprint density at radius 3 is 3.00 bits per heavy atom. The van der Waals surface area contributed by atoms with E-state index in [4.69, 9.17) is 0 Å². The minimum Gasteiger partial charge on any atom is -0.316 e. The molecule has 1 aromatic rings. The van der Waals surface area contributed by atoms with Crippen LogP contribution in [0.2, 0.25) is 0 Å². The Balaban J connectivity index is 1.95. The topological polar surface area (TPSA) is 24.9 Å². The van der Waals surface area contributed by atoms with Crippen LogP contribution in [-0.4, -0.2) is 18.1 Å². The fourth-order valence-electron chi connectivity index (χ4n) is 1.35. The number of aromatic nitrogens is 1. The van der Waals surface area contributed by atoms with Crippen LogP contribution in [0.4, 0.5) is 0 Å². The predicted octanol–water partition coefficient (Wildman–Crippen LogP) is 0.843. The van der Waals surface area contributed by atoms with Gasteiger partial charge in [0.05, 0.1) is 0 Å². The molecule has 0 bridgehead atoms. The molecule has 2 heteroatoms. The molecule has 2 nitrogen and oxygen atoms in total. The van der Waals surface area contributed by atoms with Gasteiger partial charge < -0.3 is 5.32 Å². The minimum absolute atomic E-state index is 0.846. The van der Waals surface area contributed by atoms with Crippen molar-refractivity contribution in [2.75, 3.05) is 13.1 Å². The molecule has 0 amide bonds. The molecule has 1 fully saturated rings. The van der Waals surface area contributed by atoms with Gasteiger partial charge in [0.1, 0.15) is 0 Å². The summed E-state index contributed by atoms with van der Waals surface area (Å²) in [6.45, 7) is 2.35. The zero-order valence-corrected chi connectivity index (χ0v) is 6.46. The van der Waals surface area contributed by atoms with Gasteiger partial charge in [-0.15, -0.1) is 0 Å². The highest BCUT2D eigenvalue weighted by atomic mass is 14.9. The zero-order chi connectivity index (χ0) is 7.52. The molecule has 0 spiro atoms. The second-order valence-corrected chi connectivity index (χ2v) is 3.09. The smallest absolute Gasteiger partial charge is 0.0299 e. The summed E-state index contributed by atoms with van der Waals surface area (Å²) in [5.74, 6) is 0.846. The van der Waals surface area contributed by atoms with Crippen LogP contribution < -0.4 is 5.32 Å². The van der Waals surface area contributed by atoms with Crippen molar-refractivity contribution in [1.29, 1.82) is 0 Å². The molecule has 0 unspecified atom stereocenters. The fourth-order valence-corrected chi connectivity index (χ4v) is 1.35. The zero-order valence-electron chi connectivity index (χ0n) is 6.46. The van der Waals surface area contributed by atoms with Crippen molar-refractivity contribution in [2.24, 2.45) is 5.92 Å². The van der Waals surface area contributed by atoms with Gasteiger partial charge in [-0.25, -0.2) is 0 Å². The van der Waals surface area contributed by atoms with E-state index in [0.717, 1.165) is 5.92 Å². The molecule has 1 saturated heterocycles. The highest BCUT2D eigenvalue weighted by Crippen LogP contribution is 2.10. The SMILES string of the molecule is c1cncc(CC2CNC2)c1. The van der Waals surface area contributed by atoms with E-state index in [9.17, 15) is 0 Å². The number of rotatable bonds is 2. The average Bonchev–Trinajstić information content (AvgIpc) is 1.99. The number of hydrogen-bond donors (Lipinski definition) is 1. The maximum absolute atomic E-state index is 4.08. The van der Waals surface area contributed by atoms with E-state index in [1.807, 2.05) is 18.5 Å². The molecular weight excluding hydrogens is 136 g/mol. The summed E-state index contributed by atoms with van der Waals surface area (Å²) in [7, 11) is 0. The largest absolute Gasteiger partial charge is 0.316 e. The van der Waals surface area contributed by atoms with Gasteiger partial charge >= 0.3 is 0 Å². The van der Waals surface area contributed by atoms with Gasteiger partial charge in [-0.2, -0.15) is 0 Å². The molecule has 1 aliphatic rings. The first-order valence-corrected chi connectivity index (χ1v) is 4.05. The van der Waals surface area contributed by atoms with Crippen molar-refractivity contribution >= 4 is 0 Å². The molecular formula is C9H12N2. The van der Waals surface area contributed by atoms with Gasteiger partial charge in [0, 0.05) is 12.4 Å². The van der Waals surface area contributed by atoms with Gasteiger partial charge in [0.15, 0.2) is 0 Å². The quantitative estimate of drug-likeness (QED) is 0.672. The monoisotopic (exact) mass is 148 g/mol. The molecule has 0 saturated carbocycles. The van der Waals surface area contributed by atoms with Crippen molar-refractivity contribution in [1.82, 2.24) is 10.3 Å². The molecule has 0 atom stereocenters. The molecule has 1 aromatic heterocycles. The Bertz CT molecular complexity index is 216. The lowest BCUT2D eigenvalue weighted by molar-refractivity contribution is 0.346. The summed E-state index contributed by atoms with van der Waals surface area (Å²) < 4.78 is 0. The van der Waals surface area contributed by atoms with Crippen LogP contribution in [0.1, 0.15) is 5.56 Å². The summed E-state index contributed by atoms with van der Waals surface area (Å²) >= 11 is 0. The molecule has 0 aliphatic carbocycles. The second kappa shape index (κ2) is 3.01. The first kappa shape index (κ1) is 6.80. The molecule has 2 rings (SSSR count). The molecule has 11 heavy (non-hydrogen) atoms. The van der Waals surface area contributed by atoms with Gasteiger partial charge in [-0.1, -0.05) is 6.07 Å². The Kier molecular flexibility index (Phi) is 1.86. The summed E-state index contributed by atoms with van der Waals surface area (Å²) in [6, 6.07) is 4.15. The van der Waals surface area contributed by atoms with Crippen LogP contribution in [0.3, 0.4) is 0 Å². The van der Waals surface area contributed by atoms with Crippen LogP contribution >= 0.6 is 0 Å². The van der Waals surface area contributed by atoms with Gasteiger partial charge in [0.25, 0.3) is 0 Å². The maximum Gasteiger partial charge on any atom is 0.0299 e. The van der Waals surface area contributed by atoms with Crippen molar-refractivity contribution < 1.29 is 0 Å². The summed E-state index contributed by atoms with van der Waals surface area (Å²) in [5.41, 5.74) is 1.36. The summed E-state index contributed by atoms with van der Waals surface area (Å²) in [6.07, 6.45) is 4.96. The Labute approximate surface area is 66.7 Å². The van der Waals surface area contributed by atoms with Gasteiger partial charge in [-0.3, -0.25) is 4.98 Å². The number of pyridine rings is 1. The van der Waals surface area contributed by atoms with Crippen molar-refractivity contribution in [3.8, 4) is 0 Å². The van der Waals surface area contributed by atoms with E-state index in [1.165, 1.54) is 25.1 Å². The third kappa shape index (κ3) is 1.57. The van der Waals surface area contributed by atoms with Crippen molar-refractivity contribution in [2.45, 2.75) is 6.42 Å². The number of nitrogens with zero attached hydrogens (tertiary/aromatic N) is 1. The van der Waals surface area contributed by atoms with E-state index < -0.39 is 0 Å². The lowest BCUT2D eigenvalue weighted by Crippen LogP contribution is -2.43. The summed E-state index contributed by atoms with van der Waals surface area (Å²) in [4.78, 5) is 4.08. The van der Waals surface area contributed by atoms with Crippen LogP contribution in [-0.2, 0) is 6.42 Å². The minimum atomic E-state index is 0.846. The van der Waals surface area contributed by atoms with E-state index >= 15 is 0 Å². The molecule has 1 N–H and O–H groups in total. The number of nitrogens with one attached hydrogen (secondary N) is 1. The second-order valence-electron chi connectivity index (χ2n) is 3.09. The van der Waals surface area contributed by atoms with Crippen LogP contribution in [0.5, 0.6) is 0 Å². The first-order valence-electron chi connectivity index (χ1n) is 4.05. The lowest BCUT2D eigenvalue weighted by atomic mass is 9.95. The molecule has 58 valence electrons. The van der Waals surface area contributed by atoms with Crippen LogP contribution in [0.15, 0.2) is 24.5 Å². The normalized spacial score (nSPS) is 17.8. The molecule has 2 heterocycles. The van der Waals surface area contributed by atoms with Gasteiger partial charge in [0.2, 0.25) is 0 Å². The van der Waals surface area contributed by atoms with E-state index in [0.29, 0.717) is 0 Å². The third-order valence-electron chi connectivity index (χ3n) is 2.11. The Morgan fingerprint density at radius 2 is 2.45 bits per heavy atom. The standard InChI is InChI=1S/C9H12N2/c1-2-8(5-10-3-1)4-9-6-11-7-9/h1-3,5,9,11H,4,6-7H2. The third-order valence-corrected chi connectivity index (χ3v) is 2.11. The number of hydrogen-bond acceptors (Lipinski definition) is 2. The van der Waals surface area contributed by atoms with Crippen molar-refractivity contribution in [3.05, 3.63) is 30.1 Å². The predicted molar refractivity (Wildman–Crippen MR) is 44.3 cm³/mol. The highest BCUT2D eigenvalue weighted by molar-refractivity contribution is 5.10. The fraction of sp³-hybridized carbons (Fsp3) is 0.444. The molecule has 1 aliphatic heterocycles. The van der Waals surface area contributed by atoms with Crippen LogP contribution in [0, 0.1) is 5.92 Å². The van der Waals surface area contributed by atoms with Crippen LogP contribution in [0.25, 0.3) is 0 Å². The summed E-state index contributed by atoms with van der Waals surface area (Å²) in [5, 5.41) is 3.26. The molecule has 0 radical (unpaired) electrons. The highest BCUT2D eigenvalue weighted by Gasteiger charge is 2.16. The first-order chi connectivity index (χ1) is 5.45. The average molecular weight is 148 g/mol. The Hall–Kier alpha value is -0.890. The van der Waals surface area contributed by atoms with Crippen molar-refractivity contribution in [3.63, 3.8) is 0 Å². The van der Waals surface area contributed by atoms with E-state index in [2.05, 4.69) is 16.4 Å².